The summed E-state index contributed by atoms with van der Waals surface area (Å²) in [7, 11) is 0. The van der Waals surface area contributed by atoms with Crippen molar-refractivity contribution in [1.29, 1.82) is 0 Å². The standard InChI is InChI=1S/C12H12ClN3O2/c1-7-11(12(17)18)8(2)16(15-7)6-9-3-4-14-5-10(9)13/h3-5H,6H2,1-2H3,(H,17,18). The third kappa shape index (κ3) is 2.22. The van der Waals surface area contributed by atoms with Gasteiger partial charge in [0.15, 0.2) is 0 Å². The highest BCUT2D eigenvalue weighted by molar-refractivity contribution is 6.31. The Morgan fingerprint density at radius 1 is 1.50 bits per heavy atom. The molecule has 0 atom stereocenters. The zero-order valence-corrected chi connectivity index (χ0v) is 10.8. The van der Waals surface area contributed by atoms with Gasteiger partial charge in [-0.2, -0.15) is 5.10 Å². The number of hydrogen-bond donors (Lipinski definition) is 1. The average Bonchev–Trinajstić information content (AvgIpc) is 2.57. The van der Waals surface area contributed by atoms with Crippen LogP contribution in [0, 0.1) is 13.8 Å². The van der Waals surface area contributed by atoms with Gasteiger partial charge in [0.05, 0.1) is 23.0 Å². The first-order valence-corrected chi connectivity index (χ1v) is 5.74. The van der Waals surface area contributed by atoms with Gasteiger partial charge < -0.3 is 5.11 Å². The topological polar surface area (TPSA) is 68.0 Å². The molecule has 0 aromatic carbocycles. The van der Waals surface area contributed by atoms with Crippen molar-refractivity contribution in [2.75, 3.05) is 0 Å². The molecule has 18 heavy (non-hydrogen) atoms. The third-order valence-electron chi connectivity index (χ3n) is 2.77. The molecule has 0 aliphatic heterocycles. The Labute approximate surface area is 109 Å². The van der Waals surface area contributed by atoms with E-state index in [0.717, 1.165) is 5.56 Å². The van der Waals surface area contributed by atoms with E-state index in [0.29, 0.717) is 23.0 Å². The van der Waals surface area contributed by atoms with Gasteiger partial charge in [-0.3, -0.25) is 9.67 Å². The Balaban J connectivity index is 2.39. The second kappa shape index (κ2) is 4.78. The van der Waals surface area contributed by atoms with Gasteiger partial charge >= 0.3 is 5.97 Å². The summed E-state index contributed by atoms with van der Waals surface area (Å²) >= 11 is 6.02. The summed E-state index contributed by atoms with van der Waals surface area (Å²) in [5.41, 5.74) is 2.23. The number of rotatable bonds is 3. The van der Waals surface area contributed by atoms with Crippen molar-refractivity contribution in [3.8, 4) is 0 Å². The predicted octanol–water partition coefficient (Wildman–Crippen LogP) is 2.29. The van der Waals surface area contributed by atoms with Gasteiger partial charge in [0.25, 0.3) is 0 Å². The monoisotopic (exact) mass is 265 g/mol. The lowest BCUT2D eigenvalue weighted by Crippen LogP contribution is -2.06. The van der Waals surface area contributed by atoms with E-state index in [1.54, 1.807) is 37.0 Å². The Morgan fingerprint density at radius 3 is 2.78 bits per heavy atom. The smallest absolute Gasteiger partial charge is 0.339 e. The fourth-order valence-electron chi connectivity index (χ4n) is 1.85. The van der Waals surface area contributed by atoms with Crippen LogP contribution in [0.4, 0.5) is 0 Å². The SMILES string of the molecule is Cc1nn(Cc2ccncc2Cl)c(C)c1C(=O)O. The minimum absolute atomic E-state index is 0.250. The summed E-state index contributed by atoms with van der Waals surface area (Å²) in [5.74, 6) is -0.961. The normalized spacial score (nSPS) is 10.6. The van der Waals surface area contributed by atoms with Gasteiger partial charge in [-0.1, -0.05) is 11.6 Å². The van der Waals surface area contributed by atoms with Crippen LogP contribution in [0.15, 0.2) is 18.5 Å². The Kier molecular flexibility index (Phi) is 3.34. The maximum Gasteiger partial charge on any atom is 0.339 e. The number of carbonyl (C=O) groups is 1. The summed E-state index contributed by atoms with van der Waals surface area (Å²) in [6, 6.07) is 1.79. The van der Waals surface area contributed by atoms with Crippen molar-refractivity contribution in [3.05, 3.63) is 46.0 Å². The highest BCUT2D eigenvalue weighted by Gasteiger charge is 2.17. The van der Waals surface area contributed by atoms with E-state index in [-0.39, 0.29) is 5.56 Å². The number of aryl methyl sites for hydroxylation is 1. The summed E-state index contributed by atoms with van der Waals surface area (Å²) < 4.78 is 1.64. The lowest BCUT2D eigenvalue weighted by atomic mass is 10.2. The molecule has 0 spiro atoms. The van der Waals surface area contributed by atoms with Crippen LogP contribution in [0.2, 0.25) is 5.02 Å². The van der Waals surface area contributed by atoms with Crippen LogP contribution in [-0.2, 0) is 6.54 Å². The number of hydrogen-bond acceptors (Lipinski definition) is 3. The molecule has 94 valence electrons. The van der Waals surface area contributed by atoms with Crippen molar-refractivity contribution < 1.29 is 9.90 Å². The highest BCUT2D eigenvalue weighted by atomic mass is 35.5. The first-order chi connectivity index (χ1) is 8.50. The number of aromatic nitrogens is 3. The van der Waals surface area contributed by atoms with E-state index < -0.39 is 5.97 Å². The molecule has 2 heterocycles. The van der Waals surface area contributed by atoms with Gasteiger partial charge in [0, 0.05) is 12.4 Å². The zero-order valence-electron chi connectivity index (χ0n) is 10.0. The van der Waals surface area contributed by atoms with Gasteiger partial charge in [0.1, 0.15) is 5.56 Å². The fourth-order valence-corrected chi connectivity index (χ4v) is 2.03. The molecule has 0 fully saturated rings. The Hall–Kier alpha value is -1.88. The molecule has 0 amide bonds. The average molecular weight is 266 g/mol. The number of pyridine rings is 1. The van der Waals surface area contributed by atoms with Gasteiger partial charge in [0.2, 0.25) is 0 Å². The van der Waals surface area contributed by atoms with Gasteiger partial charge in [-0.25, -0.2) is 4.79 Å². The number of carboxylic acid groups (broad SMARTS) is 1. The van der Waals surface area contributed by atoms with Crippen LogP contribution in [0.25, 0.3) is 0 Å². The largest absolute Gasteiger partial charge is 0.478 e. The maximum atomic E-state index is 11.1. The molecule has 6 heteroatoms. The van der Waals surface area contributed by atoms with E-state index in [4.69, 9.17) is 16.7 Å². The summed E-state index contributed by atoms with van der Waals surface area (Å²) in [5, 5.41) is 13.9. The van der Waals surface area contributed by atoms with Crippen LogP contribution in [0.5, 0.6) is 0 Å². The summed E-state index contributed by atoms with van der Waals surface area (Å²) in [4.78, 5) is 15.0. The number of halogens is 1. The van der Waals surface area contributed by atoms with Crippen molar-refractivity contribution >= 4 is 17.6 Å². The molecule has 2 rings (SSSR count). The van der Waals surface area contributed by atoms with Gasteiger partial charge in [-0.15, -0.1) is 0 Å². The lowest BCUT2D eigenvalue weighted by Gasteiger charge is -2.06. The predicted molar refractivity (Wildman–Crippen MR) is 67.0 cm³/mol. The van der Waals surface area contributed by atoms with Crippen molar-refractivity contribution in [3.63, 3.8) is 0 Å². The van der Waals surface area contributed by atoms with Crippen LogP contribution in [0.1, 0.15) is 27.3 Å². The molecule has 0 radical (unpaired) electrons. The first-order valence-electron chi connectivity index (χ1n) is 5.36. The number of aromatic carboxylic acids is 1. The van der Waals surface area contributed by atoms with E-state index in [1.165, 1.54) is 0 Å². The lowest BCUT2D eigenvalue weighted by molar-refractivity contribution is 0.0695. The summed E-state index contributed by atoms with van der Waals surface area (Å²) in [6.45, 7) is 3.85. The first kappa shape index (κ1) is 12.6. The van der Waals surface area contributed by atoms with E-state index in [9.17, 15) is 4.79 Å². The van der Waals surface area contributed by atoms with E-state index in [2.05, 4.69) is 10.1 Å². The molecule has 0 saturated carbocycles. The molecular formula is C12H12ClN3O2. The van der Waals surface area contributed by atoms with Crippen molar-refractivity contribution in [2.45, 2.75) is 20.4 Å². The third-order valence-corrected chi connectivity index (χ3v) is 3.11. The fraction of sp³-hybridized carbons (Fsp3) is 0.250. The molecule has 2 aromatic heterocycles. The molecule has 0 bridgehead atoms. The molecule has 1 N–H and O–H groups in total. The second-order valence-corrected chi connectivity index (χ2v) is 4.38. The van der Waals surface area contributed by atoms with Crippen molar-refractivity contribution in [2.24, 2.45) is 0 Å². The second-order valence-electron chi connectivity index (χ2n) is 3.98. The molecule has 5 nitrogen and oxygen atoms in total. The number of carboxylic acids is 1. The van der Waals surface area contributed by atoms with E-state index >= 15 is 0 Å². The minimum Gasteiger partial charge on any atom is -0.478 e. The minimum atomic E-state index is -0.961. The van der Waals surface area contributed by atoms with Crippen LogP contribution >= 0.6 is 11.6 Å². The zero-order chi connectivity index (χ0) is 13.3. The summed E-state index contributed by atoms with van der Waals surface area (Å²) in [6.07, 6.45) is 3.20. The Bertz CT molecular complexity index is 607. The van der Waals surface area contributed by atoms with Gasteiger partial charge in [-0.05, 0) is 25.5 Å². The molecule has 0 unspecified atom stereocenters. The quantitative estimate of drug-likeness (QED) is 0.925. The van der Waals surface area contributed by atoms with Crippen LogP contribution < -0.4 is 0 Å². The van der Waals surface area contributed by atoms with Crippen LogP contribution in [-0.4, -0.2) is 25.8 Å². The van der Waals surface area contributed by atoms with Crippen molar-refractivity contribution in [1.82, 2.24) is 14.8 Å². The molecule has 0 aliphatic rings. The van der Waals surface area contributed by atoms with Crippen LogP contribution in [0.3, 0.4) is 0 Å². The molecular weight excluding hydrogens is 254 g/mol. The highest BCUT2D eigenvalue weighted by Crippen LogP contribution is 2.18. The van der Waals surface area contributed by atoms with E-state index in [1.807, 2.05) is 0 Å². The number of nitrogens with zero attached hydrogens (tertiary/aromatic N) is 3. The molecule has 2 aromatic rings. The Morgan fingerprint density at radius 2 is 2.22 bits per heavy atom. The molecule has 0 aliphatic carbocycles. The molecule has 0 saturated heterocycles. The maximum absolute atomic E-state index is 11.1.